The summed E-state index contributed by atoms with van der Waals surface area (Å²) in [5.41, 5.74) is 1.35. The number of hydrogen-bond donors (Lipinski definition) is 0. The third-order valence-corrected chi connectivity index (χ3v) is 1.35. The molecule has 0 amide bonds. The molecule has 0 aromatic heterocycles. The van der Waals surface area contributed by atoms with Crippen LogP contribution in [0.25, 0.3) is 0 Å². The van der Waals surface area contributed by atoms with E-state index in [2.05, 4.69) is 6.07 Å². The van der Waals surface area contributed by atoms with Gasteiger partial charge in [0.1, 0.15) is 18.2 Å². The Morgan fingerprint density at radius 3 is 3.17 bits per heavy atom. The molecule has 0 atom stereocenters. The fourth-order valence-electron chi connectivity index (χ4n) is 0.689. The van der Waals surface area contributed by atoms with E-state index >= 15 is 0 Å². The van der Waals surface area contributed by atoms with Crippen molar-refractivity contribution in [2.45, 2.75) is 0 Å². The third kappa shape index (κ3) is 2.93. The first kappa shape index (κ1) is 9.07. The first-order valence-electron chi connectivity index (χ1n) is 3.38. The number of hydrogen-bond acceptors (Lipinski definition) is 1. The lowest BCUT2D eigenvalue weighted by molar-refractivity contribution is 0.360. The Balaban J connectivity index is 2.52. The molecule has 0 fully saturated rings. The van der Waals surface area contributed by atoms with Crippen LogP contribution in [0.4, 0.5) is 4.39 Å². The van der Waals surface area contributed by atoms with Crippen molar-refractivity contribution in [3.63, 3.8) is 0 Å². The Morgan fingerprint density at radius 2 is 2.50 bits per heavy atom. The van der Waals surface area contributed by atoms with Crippen molar-refractivity contribution in [1.29, 1.82) is 0 Å². The van der Waals surface area contributed by atoms with E-state index in [-0.39, 0.29) is 0 Å². The summed E-state index contributed by atoms with van der Waals surface area (Å²) in [7, 11) is 0. The predicted molar refractivity (Wildman–Crippen MR) is 45.7 cm³/mol. The molecule has 0 spiro atoms. The lowest BCUT2D eigenvalue weighted by Crippen LogP contribution is -1.92. The molecule has 0 saturated carbocycles. The van der Waals surface area contributed by atoms with Gasteiger partial charge in [-0.1, -0.05) is 11.6 Å². The van der Waals surface area contributed by atoms with E-state index in [1.54, 1.807) is 12.1 Å². The van der Waals surface area contributed by atoms with E-state index in [1.165, 1.54) is 17.7 Å². The minimum atomic E-state index is -0.428. The minimum absolute atomic E-state index is 0.340. The number of ether oxygens (including phenoxy) is 1. The lowest BCUT2D eigenvalue weighted by atomic mass is 10.3. The standard InChI is InChI=1S/C9H7ClFO/c10-5-2-6-12-9-4-1-3-8(11)7-9/h1-2,4-5,7H,6H2. The van der Waals surface area contributed by atoms with Crippen LogP contribution in [0.15, 0.2) is 29.8 Å². The summed E-state index contributed by atoms with van der Waals surface area (Å²) in [6, 6.07) is 6.73. The molecule has 63 valence electrons. The largest absolute Gasteiger partial charge is 0.489 e. The SMILES string of the molecule is Fc1[c]ccc(OCC=CCl)c1. The molecule has 0 aliphatic rings. The summed E-state index contributed by atoms with van der Waals surface area (Å²) in [6.07, 6.45) is 1.62. The Bertz CT molecular complexity index is 273. The number of rotatable bonds is 3. The minimum Gasteiger partial charge on any atom is -0.489 e. The molecule has 1 aromatic rings. The van der Waals surface area contributed by atoms with Gasteiger partial charge in [0.05, 0.1) is 0 Å². The van der Waals surface area contributed by atoms with Crippen LogP contribution in [-0.2, 0) is 0 Å². The van der Waals surface area contributed by atoms with Gasteiger partial charge < -0.3 is 4.74 Å². The maximum Gasteiger partial charge on any atom is 0.134 e. The smallest absolute Gasteiger partial charge is 0.134 e. The molecule has 0 aliphatic heterocycles. The fourth-order valence-corrected chi connectivity index (χ4v) is 0.761. The Morgan fingerprint density at radius 1 is 1.67 bits per heavy atom. The zero-order chi connectivity index (χ0) is 8.81. The van der Waals surface area contributed by atoms with E-state index < -0.39 is 5.82 Å². The highest BCUT2D eigenvalue weighted by molar-refractivity contribution is 6.25. The predicted octanol–water partition coefficient (Wildman–Crippen LogP) is 2.76. The Kier molecular flexibility index (Phi) is 3.61. The van der Waals surface area contributed by atoms with Gasteiger partial charge in [0, 0.05) is 17.7 Å². The highest BCUT2D eigenvalue weighted by atomic mass is 35.5. The van der Waals surface area contributed by atoms with Crippen molar-refractivity contribution < 1.29 is 9.13 Å². The van der Waals surface area contributed by atoms with Crippen LogP contribution in [0.2, 0.25) is 0 Å². The molecule has 1 radical (unpaired) electrons. The van der Waals surface area contributed by atoms with Gasteiger partial charge >= 0.3 is 0 Å². The van der Waals surface area contributed by atoms with Crippen molar-refractivity contribution >= 4 is 11.6 Å². The van der Waals surface area contributed by atoms with Gasteiger partial charge in [-0.05, 0) is 18.2 Å². The maximum atomic E-state index is 12.5. The van der Waals surface area contributed by atoms with Crippen LogP contribution in [0, 0.1) is 11.9 Å². The van der Waals surface area contributed by atoms with E-state index in [1.807, 2.05) is 0 Å². The lowest BCUT2D eigenvalue weighted by Gasteiger charge is -2.01. The summed E-state index contributed by atoms with van der Waals surface area (Å²) in [5, 5.41) is 0. The molecule has 0 saturated heterocycles. The molecular weight excluding hydrogens is 179 g/mol. The van der Waals surface area contributed by atoms with Gasteiger partial charge in [0.15, 0.2) is 0 Å². The second-order valence-corrected chi connectivity index (χ2v) is 2.30. The zero-order valence-corrected chi connectivity index (χ0v) is 7.01. The molecule has 12 heavy (non-hydrogen) atoms. The summed E-state index contributed by atoms with van der Waals surface area (Å²) < 4.78 is 17.6. The second-order valence-electron chi connectivity index (χ2n) is 2.05. The summed E-state index contributed by atoms with van der Waals surface area (Å²) in [6.45, 7) is 0.340. The monoisotopic (exact) mass is 185 g/mol. The number of halogens is 2. The molecule has 3 heteroatoms. The molecule has 0 unspecified atom stereocenters. The van der Waals surface area contributed by atoms with Gasteiger partial charge in [-0.25, -0.2) is 4.39 Å². The van der Waals surface area contributed by atoms with Crippen LogP contribution >= 0.6 is 11.6 Å². The molecular formula is C9H7ClFO. The fraction of sp³-hybridized carbons (Fsp3) is 0.111. The number of benzene rings is 1. The normalized spacial score (nSPS) is 10.5. The zero-order valence-electron chi connectivity index (χ0n) is 6.26. The van der Waals surface area contributed by atoms with Crippen molar-refractivity contribution in [3.8, 4) is 5.75 Å². The highest BCUT2D eigenvalue weighted by Crippen LogP contribution is 2.10. The molecule has 0 bridgehead atoms. The third-order valence-electron chi connectivity index (χ3n) is 1.17. The van der Waals surface area contributed by atoms with Crippen LogP contribution in [0.1, 0.15) is 0 Å². The van der Waals surface area contributed by atoms with Gasteiger partial charge in [-0.3, -0.25) is 0 Å². The Hall–Kier alpha value is -1.02. The quantitative estimate of drug-likeness (QED) is 0.704. The first-order valence-corrected chi connectivity index (χ1v) is 3.82. The molecule has 1 nitrogen and oxygen atoms in total. The average molecular weight is 186 g/mol. The van der Waals surface area contributed by atoms with Gasteiger partial charge in [0.2, 0.25) is 0 Å². The van der Waals surface area contributed by atoms with Crippen molar-refractivity contribution in [2.24, 2.45) is 0 Å². The van der Waals surface area contributed by atoms with Gasteiger partial charge in [-0.15, -0.1) is 0 Å². The van der Waals surface area contributed by atoms with Gasteiger partial charge in [0.25, 0.3) is 0 Å². The Labute approximate surface area is 75.4 Å². The highest BCUT2D eigenvalue weighted by Gasteiger charge is 1.93. The average Bonchev–Trinajstić information content (AvgIpc) is 2.05. The van der Waals surface area contributed by atoms with Crippen molar-refractivity contribution in [1.82, 2.24) is 0 Å². The summed E-state index contributed by atoms with van der Waals surface area (Å²) in [5.74, 6) is 0.0448. The van der Waals surface area contributed by atoms with E-state index in [0.717, 1.165) is 0 Å². The second kappa shape index (κ2) is 4.78. The molecule has 0 heterocycles. The summed E-state index contributed by atoms with van der Waals surface area (Å²) >= 11 is 5.26. The first-order chi connectivity index (χ1) is 5.83. The van der Waals surface area contributed by atoms with Crippen LogP contribution in [-0.4, -0.2) is 6.61 Å². The van der Waals surface area contributed by atoms with E-state index in [0.29, 0.717) is 12.4 Å². The topological polar surface area (TPSA) is 9.23 Å². The molecule has 1 aromatic carbocycles. The maximum absolute atomic E-state index is 12.5. The van der Waals surface area contributed by atoms with E-state index in [4.69, 9.17) is 16.3 Å². The van der Waals surface area contributed by atoms with Crippen LogP contribution < -0.4 is 4.74 Å². The molecule has 0 N–H and O–H groups in total. The van der Waals surface area contributed by atoms with E-state index in [9.17, 15) is 4.39 Å². The summed E-state index contributed by atoms with van der Waals surface area (Å²) in [4.78, 5) is 0. The molecule has 0 aliphatic carbocycles. The van der Waals surface area contributed by atoms with Crippen molar-refractivity contribution in [3.05, 3.63) is 41.7 Å². The van der Waals surface area contributed by atoms with Crippen molar-refractivity contribution in [2.75, 3.05) is 6.61 Å². The molecule has 1 rings (SSSR count). The van der Waals surface area contributed by atoms with Crippen LogP contribution in [0.5, 0.6) is 5.75 Å². The van der Waals surface area contributed by atoms with Crippen LogP contribution in [0.3, 0.4) is 0 Å². The van der Waals surface area contributed by atoms with Gasteiger partial charge in [-0.2, -0.15) is 0 Å².